The quantitative estimate of drug-likeness (QED) is 0.503. The Bertz CT molecular complexity index is 936. The average Bonchev–Trinajstić information content (AvgIpc) is 2.93. The number of H-pyrrole nitrogens is 1. The predicted octanol–water partition coefficient (Wildman–Crippen LogP) is 3.66. The molecule has 0 aliphatic rings. The molecule has 2 aromatic carbocycles. The molecule has 0 saturated heterocycles. The number of carboxylic acids is 1. The second kappa shape index (κ2) is 5.41. The SMILES string of the molecule is O=C(O)c1cc2c(Nc3cccc(F)c3)ccc([N+](=O)[O-])c2[nH]1. The fraction of sp³-hybridized carbons (Fsp3) is 0. The Kier molecular flexibility index (Phi) is 3.41. The number of nitrogens with one attached hydrogen (secondary N) is 2. The molecular formula is C15H10FN3O4. The normalized spacial score (nSPS) is 10.7. The van der Waals surface area contributed by atoms with Gasteiger partial charge < -0.3 is 15.4 Å². The van der Waals surface area contributed by atoms with Crippen molar-refractivity contribution in [3.8, 4) is 0 Å². The fourth-order valence-electron chi connectivity index (χ4n) is 2.30. The number of hydrogen-bond donors (Lipinski definition) is 3. The Labute approximate surface area is 128 Å². The second-order valence-corrected chi connectivity index (χ2v) is 4.80. The van der Waals surface area contributed by atoms with Crippen molar-refractivity contribution in [2.45, 2.75) is 0 Å². The van der Waals surface area contributed by atoms with E-state index >= 15 is 0 Å². The number of fused-ring (bicyclic) bond motifs is 1. The van der Waals surface area contributed by atoms with E-state index < -0.39 is 16.7 Å². The van der Waals surface area contributed by atoms with Crippen LogP contribution in [0.4, 0.5) is 21.5 Å². The van der Waals surface area contributed by atoms with Crippen molar-refractivity contribution in [2.75, 3.05) is 5.32 Å². The molecule has 116 valence electrons. The number of aromatic nitrogens is 1. The number of carboxylic acid groups (broad SMARTS) is 1. The zero-order valence-corrected chi connectivity index (χ0v) is 11.5. The number of nitro groups is 1. The summed E-state index contributed by atoms with van der Waals surface area (Å²) in [5.74, 6) is -1.67. The number of benzene rings is 2. The summed E-state index contributed by atoms with van der Waals surface area (Å²) >= 11 is 0. The Hall–Kier alpha value is -3.42. The van der Waals surface area contributed by atoms with Crippen molar-refractivity contribution in [1.29, 1.82) is 0 Å². The van der Waals surface area contributed by atoms with E-state index in [4.69, 9.17) is 5.11 Å². The van der Waals surface area contributed by atoms with Crippen molar-refractivity contribution in [2.24, 2.45) is 0 Å². The lowest BCUT2D eigenvalue weighted by molar-refractivity contribution is -0.383. The van der Waals surface area contributed by atoms with Crippen LogP contribution in [0.2, 0.25) is 0 Å². The molecule has 23 heavy (non-hydrogen) atoms. The van der Waals surface area contributed by atoms with Crippen LogP contribution in [0.1, 0.15) is 10.5 Å². The summed E-state index contributed by atoms with van der Waals surface area (Å²) in [5, 5.41) is 23.4. The molecule has 0 spiro atoms. The second-order valence-electron chi connectivity index (χ2n) is 4.80. The Balaban J connectivity index is 2.15. The van der Waals surface area contributed by atoms with E-state index in [9.17, 15) is 19.3 Å². The third-order valence-electron chi connectivity index (χ3n) is 3.30. The molecule has 3 rings (SSSR count). The van der Waals surface area contributed by atoms with Gasteiger partial charge in [-0.1, -0.05) is 6.07 Å². The Morgan fingerprint density at radius 3 is 2.70 bits per heavy atom. The van der Waals surface area contributed by atoms with Crippen LogP contribution in [0.5, 0.6) is 0 Å². The van der Waals surface area contributed by atoms with Gasteiger partial charge in [0.25, 0.3) is 5.69 Å². The first-order valence-electron chi connectivity index (χ1n) is 6.51. The van der Waals surface area contributed by atoms with E-state index in [0.29, 0.717) is 16.8 Å². The number of anilines is 2. The van der Waals surface area contributed by atoms with Gasteiger partial charge >= 0.3 is 5.97 Å². The fourth-order valence-corrected chi connectivity index (χ4v) is 2.30. The van der Waals surface area contributed by atoms with Crippen LogP contribution in [0.15, 0.2) is 42.5 Å². The Morgan fingerprint density at radius 2 is 2.04 bits per heavy atom. The molecule has 3 N–H and O–H groups in total. The van der Waals surface area contributed by atoms with Crippen molar-refractivity contribution in [1.82, 2.24) is 4.98 Å². The van der Waals surface area contributed by atoms with Gasteiger partial charge in [-0.05, 0) is 30.3 Å². The highest BCUT2D eigenvalue weighted by Crippen LogP contribution is 2.33. The molecule has 7 nitrogen and oxygen atoms in total. The maximum absolute atomic E-state index is 13.3. The summed E-state index contributed by atoms with van der Waals surface area (Å²) in [4.78, 5) is 24.1. The molecule has 3 aromatic rings. The smallest absolute Gasteiger partial charge is 0.352 e. The van der Waals surface area contributed by atoms with E-state index in [1.165, 1.54) is 36.4 Å². The molecule has 0 unspecified atom stereocenters. The number of hydrogen-bond acceptors (Lipinski definition) is 4. The van der Waals surface area contributed by atoms with E-state index in [1.807, 2.05) is 0 Å². The maximum Gasteiger partial charge on any atom is 0.352 e. The van der Waals surface area contributed by atoms with E-state index in [-0.39, 0.29) is 16.9 Å². The zero-order chi connectivity index (χ0) is 16.6. The molecule has 0 atom stereocenters. The number of non-ortho nitro benzene ring substituents is 1. The monoisotopic (exact) mass is 315 g/mol. The molecule has 0 amide bonds. The summed E-state index contributed by atoms with van der Waals surface area (Å²) in [6.45, 7) is 0. The van der Waals surface area contributed by atoms with E-state index in [2.05, 4.69) is 10.3 Å². The standard InChI is InChI=1S/C15H10FN3O4/c16-8-2-1-3-9(6-8)17-11-4-5-13(19(22)23)14-10(11)7-12(18-14)15(20)21/h1-7,17-18H,(H,20,21). The highest BCUT2D eigenvalue weighted by atomic mass is 19.1. The van der Waals surface area contributed by atoms with Crippen LogP contribution < -0.4 is 5.32 Å². The first-order valence-corrected chi connectivity index (χ1v) is 6.51. The molecule has 0 aliphatic carbocycles. The largest absolute Gasteiger partial charge is 0.477 e. The summed E-state index contributed by atoms with van der Waals surface area (Å²) < 4.78 is 13.3. The molecular weight excluding hydrogens is 305 g/mol. The van der Waals surface area contributed by atoms with Crippen molar-refractivity contribution in [3.05, 3.63) is 64.1 Å². The summed E-state index contributed by atoms with van der Waals surface area (Å²) in [6.07, 6.45) is 0. The minimum Gasteiger partial charge on any atom is -0.477 e. The third-order valence-corrected chi connectivity index (χ3v) is 3.30. The van der Waals surface area contributed by atoms with Gasteiger partial charge in [0, 0.05) is 22.8 Å². The molecule has 0 saturated carbocycles. The van der Waals surface area contributed by atoms with Crippen LogP contribution in [0, 0.1) is 15.9 Å². The molecule has 0 radical (unpaired) electrons. The first-order chi connectivity index (χ1) is 11.0. The lowest BCUT2D eigenvalue weighted by Gasteiger charge is -2.08. The minimum atomic E-state index is -1.23. The van der Waals surface area contributed by atoms with Gasteiger partial charge in [0.15, 0.2) is 0 Å². The Morgan fingerprint density at radius 1 is 1.26 bits per heavy atom. The van der Waals surface area contributed by atoms with Gasteiger partial charge in [-0.25, -0.2) is 9.18 Å². The first kappa shape index (κ1) is 14.5. The number of aromatic amines is 1. The van der Waals surface area contributed by atoms with Crippen molar-refractivity contribution in [3.63, 3.8) is 0 Å². The third kappa shape index (κ3) is 2.69. The van der Waals surface area contributed by atoms with Crippen LogP contribution in [0.3, 0.4) is 0 Å². The highest BCUT2D eigenvalue weighted by Gasteiger charge is 2.19. The van der Waals surface area contributed by atoms with Crippen LogP contribution in [-0.4, -0.2) is 21.0 Å². The zero-order valence-electron chi connectivity index (χ0n) is 11.5. The maximum atomic E-state index is 13.3. The molecule has 0 fully saturated rings. The van der Waals surface area contributed by atoms with Crippen LogP contribution >= 0.6 is 0 Å². The van der Waals surface area contributed by atoms with Gasteiger partial charge in [0.2, 0.25) is 0 Å². The lowest BCUT2D eigenvalue weighted by atomic mass is 10.1. The number of rotatable bonds is 4. The number of nitro benzene ring substituents is 1. The molecule has 0 aliphatic heterocycles. The summed E-state index contributed by atoms with van der Waals surface area (Å²) in [7, 11) is 0. The van der Waals surface area contributed by atoms with Gasteiger partial charge in [0.05, 0.1) is 4.92 Å². The van der Waals surface area contributed by atoms with Crippen molar-refractivity contribution < 1.29 is 19.2 Å². The van der Waals surface area contributed by atoms with Crippen LogP contribution in [0.25, 0.3) is 10.9 Å². The topological polar surface area (TPSA) is 108 Å². The van der Waals surface area contributed by atoms with Gasteiger partial charge in [-0.3, -0.25) is 10.1 Å². The van der Waals surface area contributed by atoms with Gasteiger partial charge in [-0.15, -0.1) is 0 Å². The van der Waals surface area contributed by atoms with Gasteiger partial charge in [0.1, 0.15) is 17.0 Å². The lowest BCUT2D eigenvalue weighted by Crippen LogP contribution is -1.95. The van der Waals surface area contributed by atoms with E-state index in [1.54, 1.807) is 6.07 Å². The molecule has 8 heteroatoms. The van der Waals surface area contributed by atoms with Gasteiger partial charge in [-0.2, -0.15) is 0 Å². The minimum absolute atomic E-state index is 0.0915. The predicted molar refractivity (Wildman–Crippen MR) is 81.6 cm³/mol. The molecule has 1 heterocycles. The number of halogens is 1. The highest BCUT2D eigenvalue weighted by molar-refractivity contribution is 6.03. The van der Waals surface area contributed by atoms with Crippen LogP contribution in [-0.2, 0) is 0 Å². The summed E-state index contributed by atoms with van der Waals surface area (Å²) in [5.41, 5.74) is 0.556. The number of nitrogens with zero attached hydrogens (tertiary/aromatic N) is 1. The summed E-state index contributed by atoms with van der Waals surface area (Å²) in [6, 6.07) is 9.69. The average molecular weight is 315 g/mol. The molecule has 0 bridgehead atoms. The number of carbonyl (C=O) groups is 1. The number of aromatic carboxylic acids is 1. The molecule has 1 aromatic heterocycles. The van der Waals surface area contributed by atoms with Crippen molar-refractivity contribution >= 4 is 33.9 Å². The van der Waals surface area contributed by atoms with E-state index in [0.717, 1.165) is 0 Å².